The summed E-state index contributed by atoms with van der Waals surface area (Å²) in [5.41, 5.74) is 0.857. The summed E-state index contributed by atoms with van der Waals surface area (Å²) in [5.74, 6) is 3.52. The van der Waals surface area contributed by atoms with Crippen molar-refractivity contribution in [3.8, 4) is 11.5 Å². The number of benzene rings is 1. The highest BCUT2D eigenvalue weighted by Gasteiger charge is 2.32. The van der Waals surface area contributed by atoms with Crippen LogP contribution in [0.2, 0.25) is 0 Å². The predicted octanol–water partition coefficient (Wildman–Crippen LogP) is 1.83. The van der Waals surface area contributed by atoms with E-state index in [1.165, 1.54) is 12.1 Å². The van der Waals surface area contributed by atoms with Gasteiger partial charge in [-0.1, -0.05) is 6.92 Å². The normalized spacial score (nSPS) is 16.1. The molecule has 1 saturated heterocycles. The number of hydrogen-bond acceptors (Lipinski definition) is 8. The molecule has 0 radical (unpaired) electrons. The molecule has 24 heavy (non-hydrogen) atoms. The fraction of sp³-hybridized carbons (Fsp3) is 0.500. The van der Waals surface area contributed by atoms with Crippen LogP contribution in [0.15, 0.2) is 18.5 Å². The predicted molar refractivity (Wildman–Crippen MR) is 97.3 cm³/mol. The fourth-order valence-corrected chi connectivity index (χ4v) is 3.37. The van der Waals surface area contributed by atoms with Gasteiger partial charge in [0.05, 0.1) is 19.7 Å². The molecule has 2 heterocycles. The summed E-state index contributed by atoms with van der Waals surface area (Å²) >= 11 is 1.18. The number of nitrogens with zero attached hydrogens (tertiary/aromatic N) is 3. The van der Waals surface area contributed by atoms with E-state index in [4.69, 9.17) is 14.6 Å². The van der Waals surface area contributed by atoms with Gasteiger partial charge in [0.25, 0.3) is 0 Å². The van der Waals surface area contributed by atoms with Gasteiger partial charge in [0, 0.05) is 43.2 Å². The van der Waals surface area contributed by atoms with Crippen molar-refractivity contribution in [1.29, 1.82) is 0 Å². The van der Waals surface area contributed by atoms with Gasteiger partial charge in [0.2, 0.25) is 0 Å². The molecule has 0 spiro atoms. The van der Waals surface area contributed by atoms with E-state index < -0.39 is 0 Å². The molecule has 130 valence electrons. The number of hydrogen-bond donors (Lipinski definition) is 2. The van der Waals surface area contributed by atoms with E-state index in [-0.39, 0.29) is 0 Å². The monoisotopic (exact) mass is 349 g/mol. The summed E-state index contributed by atoms with van der Waals surface area (Å²) in [5, 5.41) is 6.41. The Morgan fingerprint density at radius 2 is 2.00 bits per heavy atom. The quantitative estimate of drug-likeness (QED) is 0.732. The van der Waals surface area contributed by atoms with E-state index in [9.17, 15) is 0 Å². The molecule has 8 heteroatoms. The van der Waals surface area contributed by atoms with Gasteiger partial charge >= 0.3 is 0 Å². The van der Waals surface area contributed by atoms with Crippen molar-refractivity contribution in [3.05, 3.63) is 18.5 Å². The third kappa shape index (κ3) is 3.22. The fourth-order valence-electron chi connectivity index (χ4n) is 3.01. The van der Waals surface area contributed by atoms with Crippen LogP contribution in [0.25, 0.3) is 10.9 Å². The van der Waals surface area contributed by atoms with Gasteiger partial charge in [-0.15, -0.1) is 0 Å². The molecule has 0 bridgehead atoms. The Labute approximate surface area is 146 Å². The minimum Gasteiger partial charge on any atom is -0.493 e. The van der Waals surface area contributed by atoms with Gasteiger partial charge in [-0.25, -0.2) is 9.97 Å². The lowest BCUT2D eigenvalue weighted by atomic mass is 9.87. The maximum Gasteiger partial charge on any atom is 0.162 e. The van der Waals surface area contributed by atoms with E-state index in [2.05, 4.69) is 26.5 Å². The lowest BCUT2D eigenvalue weighted by Gasteiger charge is -2.43. The average Bonchev–Trinajstić information content (AvgIpc) is 2.57. The Morgan fingerprint density at radius 3 is 2.67 bits per heavy atom. The van der Waals surface area contributed by atoms with Crippen LogP contribution in [0.3, 0.4) is 0 Å². The molecule has 3 rings (SSSR count). The number of methoxy groups -OCH3 is 2. The first kappa shape index (κ1) is 17.1. The Balaban J connectivity index is 1.81. The number of rotatable bonds is 7. The second-order valence-electron chi connectivity index (χ2n) is 6.03. The Kier molecular flexibility index (Phi) is 5.27. The van der Waals surface area contributed by atoms with Gasteiger partial charge in [0.1, 0.15) is 12.1 Å². The molecule has 1 fully saturated rings. The van der Waals surface area contributed by atoms with Crippen LogP contribution in [0.5, 0.6) is 11.5 Å². The standard InChI is InChI=1S/C16H23N5O2S/c1-10(6-20-24-17)11-7-21(8-11)16-12-4-14(22-2)15(23-3)5-13(12)18-9-19-16/h4-5,9-11,20H,6-8,17H2,1-3H3. The van der Waals surface area contributed by atoms with Crippen molar-refractivity contribution < 1.29 is 9.47 Å². The largest absolute Gasteiger partial charge is 0.493 e. The Bertz CT molecular complexity index is 708. The van der Waals surface area contributed by atoms with E-state index in [1.54, 1.807) is 20.5 Å². The molecule has 1 aromatic heterocycles. The van der Waals surface area contributed by atoms with Crippen molar-refractivity contribution in [3.63, 3.8) is 0 Å². The first-order valence-electron chi connectivity index (χ1n) is 7.88. The topological polar surface area (TPSA) is 85.5 Å². The van der Waals surface area contributed by atoms with Crippen LogP contribution >= 0.6 is 12.1 Å². The van der Waals surface area contributed by atoms with Crippen LogP contribution < -0.4 is 24.2 Å². The third-order valence-corrected chi connectivity index (χ3v) is 4.96. The molecule has 1 aliphatic heterocycles. The Hall–Kier alpha value is -1.77. The highest BCUT2D eigenvalue weighted by molar-refractivity contribution is 7.95. The zero-order chi connectivity index (χ0) is 17.1. The number of fused-ring (bicyclic) bond motifs is 1. The van der Waals surface area contributed by atoms with Crippen LogP contribution in [0, 0.1) is 11.8 Å². The summed E-state index contributed by atoms with van der Waals surface area (Å²) in [6, 6.07) is 3.84. The summed E-state index contributed by atoms with van der Waals surface area (Å²) in [4.78, 5) is 11.1. The SMILES string of the molecule is COc1cc2ncnc(N3CC(C(C)CNSN)C3)c2cc1OC. The van der Waals surface area contributed by atoms with Crippen LogP contribution in [0.1, 0.15) is 6.92 Å². The molecular weight excluding hydrogens is 326 g/mol. The second-order valence-corrected chi connectivity index (χ2v) is 6.55. The molecule has 0 saturated carbocycles. The van der Waals surface area contributed by atoms with Crippen molar-refractivity contribution in [1.82, 2.24) is 14.7 Å². The van der Waals surface area contributed by atoms with Gasteiger partial charge in [0.15, 0.2) is 11.5 Å². The Morgan fingerprint density at radius 1 is 1.29 bits per heavy atom. The van der Waals surface area contributed by atoms with E-state index in [0.717, 1.165) is 36.4 Å². The molecule has 3 N–H and O–H groups in total. The van der Waals surface area contributed by atoms with Crippen molar-refractivity contribution in [2.45, 2.75) is 6.92 Å². The van der Waals surface area contributed by atoms with E-state index >= 15 is 0 Å². The molecule has 1 unspecified atom stereocenters. The number of nitrogens with one attached hydrogen (secondary N) is 1. The molecule has 1 aliphatic rings. The van der Waals surface area contributed by atoms with Crippen LogP contribution in [-0.4, -0.2) is 43.8 Å². The summed E-state index contributed by atoms with van der Waals surface area (Å²) in [6.45, 7) is 5.13. The molecule has 0 amide bonds. The van der Waals surface area contributed by atoms with Crippen LogP contribution in [-0.2, 0) is 0 Å². The van der Waals surface area contributed by atoms with Gasteiger partial charge in [-0.2, -0.15) is 0 Å². The molecule has 1 aromatic carbocycles. The molecule has 0 aliphatic carbocycles. The molecule has 1 atom stereocenters. The number of nitrogens with two attached hydrogens (primary N) is 1. The lowest BCUT2D eigenvalue weighted by molar-refractivity contribution is 0.291. The zero-order valence-electron chi connectivity index (χ0n) is 14.2. The minimum absolute atomic E-state index is 0.569. The third-order valence-electron chi connectivity index (χ3n) is 4.62. The maximum atomic E-state index is 5.42. The molecule has 7 nitrogen and oxygen atoms in total. The highest BCUT2D eigenvalue weighted by Crippen LogP contribution is 2.37. The first-order chi connectivity index (χ1) is 11.7. The number of aromatic nitrogens is 2. The lowest BCUT2D eigenvalue weighted by Crippen LogP contribution is -2.51. The highest BCUT2D eigenvalue weighted by atomic mass is 32.2. The van der Waals surface area contributed by atoms with Crippen LogP contribution in [0.4, 0.5) is 5.82 Å². The first-order valence-corrected chi connectivity index (χ1v) is 8.76. The van der Waals surface area contributed by atoms with Crippen molar-refractivity contribution in [2.24, 2.45) is 17.0 Å². The maximum absolute atomic E-state index is 5.42. The van der Waals surface area contributed by atoms with Gasteiger partial charge < -0.3 is 14.4 Å². The zero-order valence-corrected chi connectivity index (χ0v) is 15.0. The number of anilines is 1. The molecule has 2 aromatic rings. The summed E-state index contributed by atoms with van der Waals surface area (Å²) in [6.07, 6.45) is 1.60. The van der Waals surface area contributed by atoms with Gasteiger partial charge in [-0.3, -0.25) is 9.86 Å². The van der Waals surface area contributed by atoms with E-state index in [1.807, 2.05) is 12.1 Å². The summed E-state index contributed by atoms with van der Waals surface area (Å²) < 4.78 is 13.9. The molecular formula is C16H23N5O2S. The minimum atomic E-state index is 0.569. The number of ether oxygens (including phenoxy) is 2. The summed E-state index contributed by atoms with van der Waals surface area (Å²) in [7, 11) is 3.26. The second kappa shape index (κ2) is 7.42. The smallest absolute Gasteiger partial charge is 0.162 e. The average molecular weight is 349 g/mol. The van der Waals surface area contributed by atoms with Crippen molar-refractivity contribution >= 4 is 28.9 Å². The van der Waals surface area contributed by atoms with Crippen molar-refractivity contribution in [2.75, 3.05) is 38.8 Å². The van der Waals surface area contributed by atoms with E-state index in [0.29, 0.717) is 23.3 Å². The van der Waals surface area contributed by atoms with Gasteiger partial charge in [-0.05, 0) is 17.9 Å².